The number of hydrogen-bond donors (Lipinski definition) is 0. The topological polar surface area (TPSA) is 42.3 Å². The molecule has 4 nitrogen and oxygen atoms in total. The predicted octanol–water partition coefficient (Wildman–Crippen LogP) is 4.42. The normalized spacial score (nSPS) is 10.9. The van der Waals surface area contributed by atoms with Crippen LogP contribution in [0, 0.1) is 12.7 Å². The highest BCUT2D eigenvalue weighted by Crippen LogP contribution is 2.26. The molecule has 3 rings (SSSR count). The lowest BCUT2D eigenvalue weighted by atomic mass is 10.1. The fraction of sp³-hybridized carbons (Fsp3) is 0.200. The summed E-state index contributed by atoms with van der Waals surface area (Å²) in [6, 6.07) is 11.8. The quantitative estimate of drug-likeness (QED) is 0.709. The Morgan fingerprint density at radius 3 is 2.56 bits per heavy atom. The molecule has 1 amide bonds. The smallest absolute Gasteiger partial charge is 0.260 e. The highest BCUT2D eigenvalue weighted by Gasteiger charge is 2.22. The van der Waals surface area contributed by atoms with Crippen LogP contribution in [0.4, 0.5) is 10.1 Å². The fourth-order valence-corrected chi connectivity index (χ4v) is 3.02. The number of carbonyl (C=O) groups is 2. The van der Waals surface area contributed by atoms with Gasteiger partial charge in [-0.2, -0.15) is 0 Å². The van der Waals surface area contributed by atoms with Gasteiger partial charge in [-0.1, -0.05) is 12.1 Å². The Kier molecular flexibility index (Phi) is 4.40. The molecule has 3 aromatic rings. The number of carbonyl (C=O) groups excluding carboxylic acids is 2. The number of benzene rings is 2. The van der Waals surface area contributed by atoms with Crippen LogP contribution in [0.1, 0.15) is 34.6 Å². The van der Waals surface area contributed by atoms with Gasteiger partial charge in [0, 0.05) is 30.7 Å². The van der Waals surface area contributed by atoms with E-state index in [0.29, 0.717) is 23.0 Å². The number of hydrogen-bond acceptors (Lipinski definition) is 2. The van der Waals surface area contributed by atoms with E-state index in [4.69, 9.17) is 0 Å². The van der Waals surface area contributed by atoms with Crippen LogP contribution in [0.3, 0.4) is 0 Å². The van der Waals surface area contributed by atoms with Gasteiger partial charge in [-0.25, -0.2) is 4.39 Å². The van der Waals surface area contributed by atoms with Crippen LogP contribution < -0.4 is 4.90 Å². The van der Waals surface area contributed by atoms with Crippen LogP contribution in [-0.4, -0.2) is 22.9 Å². The Labute approximate surface area is 145 Å². The first kappa shape index (κ1) is 16.9. The first-order valence-corrected chi connectivity index (χ1v) is 8.12. The first-order chi connectivity index (χ1) is 11.9. The molecule has 0 saturated heterocycles. The number of aryl methyl sites for hydroxylation is 1. The summed E-state index contributed by atoms with van der Waals surface area (Å²) in [5.74, 6) is -0.934. The van der Waals surface area contributed by atoms with Gasteiger partial charge in [0.05, 0.1) is 11.1 Å². The zero-order valence-corrected chi connectivity index (χ0v) is 14.4. The molecule has 1 heterocycles. The first-order valence-electron chi connectivity index (χ1n) is 8.12. The van der Waals surface area contributed by atoms with Gasteiger partial charge >= 0.3 is 0 Å². The largest absolute Gasteiger partial charge is 0.309 e. The van der Waals surface area contributed by atoms with Crippen molar-refractivity contribution < 1.29 is 14.0 Å². The van der Waals surface area contributed by atoms with Crippen molar-refractivity contribution in [2.45, 2.75) is 20.8 Å². The number of fused-ring (bicyclic) bond motifs is 1. The maximum Gasteiger partial charge on any atom is 0.260 e. The molecule has 0 fully saturated rings. The molecular formula is C20H19FN2O2. The van der Waals surface area contributed by atoms with E-state index < -0.39 is 5.82 Å². The minimum atomic E-state index is -0.446. The molecule has 0 unspecified atom stereocenters. The summed E-state index contributed by atoms with van der Waals surface area (Å²) in [4.78, 5) is 26.7. The number of amides is 1. The van der Waals surface area contributed by atoms with E-state index >= 15 is 0 Å². The lowest BCUT2D eigenvalue weighted by molar-refractivity contribution is 0.0941. The standard InChI is InChI=1S/C20H19FN2O2/c1-4-22(16-7-5-6-13(2)10-16)20(25)18-12-23(14(3)24)19-11-15(21)8-9-17(18)19/h5-12H,4H2,1-3H3. The van der Waals surface area contributed by atoms with Gasteiger partial charge in [0.2, 0.25) is 5.91 Å². The van der Waals surface area contributed by atoms with Gasteiger partial charge in [0.15, 0.2) is 0 Å². The molecule has 0 atom stereocenters. The zero-order chi connectivity index (χ0) is 18.1. The summed E-state index contributed by atoms with van der Waals surface area (Å²) in [5.41, 5.74) is 2.63. The van der Waals surface area contributed by atoms with Crippen molar-refractivity contribution in [1.82, 2.24) is 4.57 Å². The predicted molar refractivity (Wildman–Crippen MR) is 96.7 cm³/mol. The maximum absolute atomic E-state index is 13.6. The van der Waals surface area contributed by atoms with Crippen LogP contribution in [0.15, 0.2) is 48.7 Å². The van der Waals surface area contributed by atoms with Gasteiger partial charge in [-0.05, 0) is 49.7 Å². The highest BCUT2D eigenvalue weighted by atomic mass is 19.1. The van der Waals surface area contributed by atoms with Crippen molar-refractivity contribution in [3.63, 3.8) is 0 Å². The van der Waals surface area contributed by atoms with E-state index in [2.05, 4.69) is 0 Å². The van der Waals surface area contributed by atoms with Crippen LogP contribution in [-0.2, 0) is 0 Å². The number of anilines is 1. The Morgan fingerprint density at radius 2 is 1.92 bits per heavy atom. The number of aromatic nitrogens is 1. The van der Waals surface area contributed by atoms with Crippen molar-refractivity contribution in [2.75, 3.05) is 11.4 Å². The third-order valence-corrected chi connectivity index (χ3v) is 4.21. The van der Waals surface area contributed by atoms with Crippen molar-refractivity contribution in [1.29, 1.82) is 0 Å². The van der Waals surface area contributed by atoms with Crippen LogP contribution in [0.5, 0.6) is 0 Å². The molecule has 0 bridgehead atoms. The summed E-state index contributed by atoms with van der Waals surface area (Å²) < 4.78 is 14.9. The third kappa shape index (κ3) is 3.05. The summed E-state index contributed by atoms with van der Waals surface area (Å²) in [5, 5.41) is 0.563. The van der Waals surface area contributed by atoms with Gasteiger partial charge in [-0.3, -0.25) is 14.2 Å². The Morgan fingerprint density at radius 1 is 1.16 bits per heavy atom. The summed E-state index contributed by atoms with van der Waals surface area (Å²) in [6.45, 7) is 5.73. The summed E-state index contributed by atoms with van der Waals surface area (Å²) >= 11 is 0. The van der Waals surface area contributed by atoms with E-state index in [1.54, 1.807) is 11.0 Å². The van der Waals surface area contributed by atoms with Gasteiger partial charge in [0.1, 0.15) is 5.82 Å². The Hall–Kier alpha value is -2.95. The van der Waals surface area contributed by atoms with Crippen LogP contribution in [0.25, 0.3) is 10.9 Å². The third-order valence-electron chi connectivity index (χ3n) is 4.21. The maximum atomic E-state index is 13.6. The van der Waals surface area contributed by atoms with Crippen molar-refractivity contribution >= 4 is 28.4 Å². The number of rotatable bonds is 3. The second kappa shape index (κ2) is 6.51. The molecule has 5 heteroatoms. The van der Waals surface area contributed by atoms with Crippen LogP contribution >= 0.6 is 0 Å². The van der Waals surface area contributed by atoms with E-state index in [1.165, 1.54) is 29.8 Å². The van der Waals surface area contributed by atoms with Crippen molar-refractivity contribution in [3.8, 4) is 0 Å². The van der Waals surface area contributed by atoms with E-state index in [0.717, 1.165) is 11.3 Å². The molecular weight excluding hydrogens is 319 g/mol. The van der Waals surface area contributed by atoms with Gasteiger partial charge in [-0.15, -0.1) is 0 Å². The minimum absolute atomic E-state index is 0.218. The Balaban J connectivity index is 2.14. The SMILES string of the molecule is CCN(C(=O)c1cn(C(C)=O)c2cc(F)ccc12)c1cccc(C)c1. The molecule has 1 aromatic heterocycles. The monoisotopic (exact) mass is 338 g/mol. The van der Waals surface area contributed by atoms with Crippen molar-refractivity contribution in [3.05, 3.63) is 65.6 Å². The van der Waals surface area contributed by atoms with Gasteiger partial charge < -0.3 is 4.90 Å². The van der Waals surface area contributed by atoms with E-state index in [-0.39, 0.29) is 11.8 Å². The number of nitrogens with zero attached hydrogens (tertiary/aromatic N) is 2. The van der Waals surface area contributed by atoms with E-state index in [1.807, 2.05) is 38.1 Å². The molecule has 0 aliphatic rings. The molecule has 0 saturated carbocycles. The second-order valence-electron chi connectivity index (χ2n) is 5.98. The summed E-state index contributed by atoms with van der Waals surface area (Å²) in [6.07, 6.45) is 1.49. The molecule has 128 valence electrons. The minimum Gasteiger partial charge on any atom is -0.309 e. The fourth-order valence-electron chi connectivity index (χ4n) is 3.02. The average molecular weight is 338 g/mol. The molecule has 0 N–H and O–H groups in total. The second-order valence-corrected chi connectivity index (χ2v) is 5.98. The van der Waals surface area contributed by atoms with Crippen LogP contribution in [0.2, 0.25) is 0 Å². The van der Waals surface area contributed by atoms with Crippen molar-refractivity contribution in [2.24, 2.45) is 0 Å². The number of halogens is 1. The summed E-state index contributed by atoms with van der Waals surface area (Å²) in [7, 11) is 0. The lowest BCUT2D eigenvalue weighted by Gasteiger charge is -2.21. The van der Waals surface area contributed by atoms with E-state index in [9.17, 15) is 14.0 Å². The highest BCUT2D eigenvalue weighted by molar-refractivity contribution is 6.15. The van der Waals surface area contributed by atoms with Gasteiger partial charge in [0.25, 0.3) is 5.91 Å². The zero-order valence-electron chi connectivity index (χ0n) is 14.4. The Bertz CT molecular complexity index is 975. The molecule has 2 aromatic carbocycles. The molecule has 25 heavy (non-hydrogen) atoms. The average Bonchev–Trinajstić information content (AvgIpc) is 2.94. The molecule has 0 radical (unpaired) electrons. The molecule has 0 aliphatic heterocycles. The molecule has 0 spiro atoms. The lowest BCUT2D eigenvalue weighted by Crippen LogP contribution is -2.30. The molecule has 0 aliphatic carbocycles.